The summed E-state index contributed by atoms with van der Waals surface area (Å²) in [7, 11) is 1.80. The highest BCUT2D eigenvalue weighted by Gasteiger charge is 2.14. The molecular formula is C10H17N3OS. The van der Waals surface area contributed by atoms with Gasteiger partial charge in [0.15, 0.2) is 0 Å². The molecular weight excluding hydrogens is 210 g/mol. The molecule has 0 saturated carbocycles. The van der Waals surface area contributed by atoms with Gasteiger partial charge in [-0.15, -0.1) is 16.9 Å². The molecule has 0 spiro atoms. The van der Waals surface area contributed by atoms with Crippen molar-refractivity contribution in [2.24, 2.45) is 7.05 Å². The predicted molar refractivity (Wildman–Crippen MR) is 61.9 cm³/mol. The van der Waals surface area contributed by atoms with Crippen LogP contribution >= 0.6 is 11.8 Å². The normalized spacial score (nSPS) is 11.7. The molecule has 15 heavy (non-hydrogen) atoms. The van der Waals surface area contributed by atoms with Crippen molar-refractivity contribution in [2.75, 3.05) is 5.75 Å². The molecule has 0 aliphatic heterocycles. The van der Waals surface area contributed by atoms with Crippen LogP contribution in [-0.2, 0) is 18.3 Å². The van der Waals surface area contributed by atoms with Gasteiger partial charge in [0.1, 0.15) is 5.78 Å². The first-order valence-corrected chi connectivity index (χ1v) is 5.86. The number of ketones is 1. The van der Waals surface area contributed by atoms with E-state index in [0.717, 1.165) is 5.69 Å². The fraction of sp³-hybridized carbons (Fsp3) is 0.700. The lowest BCUT2D eigenvalue weighted by Crippen LogP contribution is -2.14. The topological polar surface area (TPSA) is 47.8 Å². The highest BCUT2D eigenvalue weighted by Crippen LogP contribution is 2.23. The van der Waals surface area contributed by atoms with E-state index in [1.165, 1.54) is 0 Å². The molecule has 0 unspecified atom stereocenters. The Morgan fingerprint density at radius 2 is 2.20 bits per heavy atom. The van der Waals surface area contributed by atoms with Gasteiger partial charge in [0, 0.05) is 18.0 Å². The van der Waals surface area contributed by atoms with Crippen LogP contribution in [0.2, 0.25) is 0 Å². The third-order valence-corrected chi connectivity index (χ3v) is 3.03. The van der Waals surface area contributed by atoms with Gasteiger partial charge in [-0.2, -0.15) is 0 Å². The zero-order valence-corrected chi connectivity index (χ0v) is 10.5. The zero-order chi connectivity index (χ0) is 11.5. The average Bonchev–Trinajstić information content (AvgIpc) is 2.47. The Morgan fingerprint density at radius 3 is 2.67 bits per heavy atom. The lowest BCUT2D eigenvalue weighted by molar-refractivity contribution is -0.116. The Hall–Kier alpha value is -0.840. The third-order valence-electron chi connectivity index (χ3n) is 1.69. The molecule has 0 amide bonds. The van der Waals surface area contributed by atoms with Gasteiger partial charge < -0.3 is 0 Å². The monoisotopic (exact) mass is 227 g/mol. The average molecular weight is 227 g/mol. The molecule has 0 aliphatic rings. The minimum atomic E-state index is 0.137. The van der Waals surface area contributed by atoms with Crippen molar-refractivity contribution in [2.45, 2.75) is 31.9 Å². The van der Waals surface area contributed by atoms with Crippen LogP contribution < -0.4 is 0 Å². The standard InChI is InChI=1S/C10H17N3OS/c1-10(2,3)15-7-9(14)5-8-6-13(4)12-11-8/h6H,5,7H2,1-4H3. The summed E-state index contributed by atoms with van der Waals surface area (Å²) in [6.45, 7) is 6.31. The number of aryl methyl sites for hydroxylation is 1. The number of thioether (sulfide) groups is 1. The number of carbonyl (C=O) groups excluding carboxylic acids is 1. The molecule has 1 rings (SSSR count). The van der Waals surface area contributed by atoms with E-state index in [1.807, 2.05) is 0 Å². The van der Waals surface area contributed by atoms with Crippen molar-refractivity contribution in [3.05, 3.63) is 11.9 Å². The first-order valence-electron chi connectivity index (χ1n) is 4.88. The molecule has 0 aromatic carbocycles. The Balaban J connectivity index is 2.37. The summed E-state index contributed by atoms with van der Waals surface area (Å²) >= 11 is 1.66. The first kappa shape index (κ1) is 12.2. The maximum Gasteiger partial charge on any atom is 0.148 e. The molecule has 0 atom stereocenters. The minimum absolute atomic E-state index is 0.137. The second-order valence-corrected chi connectivity index (χ2v) is 6.30. The molecule has 0 fully saturated rings. The summed E-state index contributed by atoms with van der Waals surface area (Å²) in [6.07, 6.45) is 2.16. The van der Waals surface area contributed by atoms with E-state index in [9.17, 15) is 4.79 Å². The summed E-state index contributed by atoms with van der Waals surface area (Å²) in [5.74, 6) is 0.746. The Kier molecular flexibility index (Phi) is 3.90. The van der Waals surface area contributed by atoms with Crippen LogP contribution in [0.3, 0.4) is 0 Å². The van der Waals surface area contributed by atoms with E-state index in [-0.39, 0.29) is 10.5 Å². The number of rotatable bonds is 4. The molecule has 1 aromatic heterocycles. The van der Waals surface area contributed by atoms with Gasteiger partial charge in [-0.25, -0.2) is 0 Å². The Morgan fingerprint density at radius 1 is 1.53 bits per heavy atom. The van der Waals surface area contributed by atoms with Crippen LogP contribution in [0.4, 0.5) is 0 Å². The third kappa shape index (κ3) is 4.97. The van der Waals surface area contributed by atoms with Crippen LogP contribution in [-0.4, -0.2) is 31.3 Å². The largest absolute Gasteiger partial charge is 0.298 e. The Labute approximate surface area is 94.4 Å². The number of nitrogens with zero attached hydrogens (tertiary/aromatic N) is 3. The zero-order valence-electron chi connectivity index (χ0n) is 9.65. The SMILES string of the molecule is Cn1cc(CC(=O)CSC(C)(C)C)nn1. The summed E-state index contributed by atoms with van der Waals surface area (Å²) in [6, 6.07) is 0. The van der Waals surface area contributed by atoms with Crippen molar-refractivity contribution in [3.63, 3.8) is 0 Å². The minimum Gasteiger partial charge on any atom is -0.298 e. The Bertz CT molecular complexity index is 341. The fourth-order valence-electron chi connectivity index (χ4n) is 1.03. The summed E-state index contributed by atoms with van der Waals surface area (Å²) in [4.78, 5) is 11.6. The molecule has 84 valence electrons. The van der Waals surface area contributed by atoms with Crippen LogP contribution in [0.25, 0.3) is 0 Å². The molecule has 1 aromatic rings. The lowest BCUT2D eigenvalue weighted by atomic mass is 10.2. The van der Waals surface area contributed by atoms with Gasteiger partial charge in [0.05, 0.1) is 17.9 Å². The van der Waals surface area contributed by atoms with Crippen LogP contribution in [0.1, 0.15) is 26.5 Å². The van der Waals surface area contributed by atoms with Crippen molar-refractivity contribution in [3.8, 4) is 0 Å². The second-order valence-electron chi connectivity index (χ2n) is 4.50. The number of hydrogen-bond acceptors (Lipinski definition) is 4. The first-order chi connectivity index (χ1) is 6.87. The summed E-state index contributed by atoms with van der Waals surface area (Å²) < 4.78 is 1.75. The van der Waals surface area contributed by atoms with E-state index >= 15 is 0 Å². The smallest absolute Gasteiger partial charge is 0.148 e. The molecule has 0 N–H and O–H groups in total. The summed E-state index contributed by atoms with van der Waals surface area (Å²) in [5.41, 5.74) is 0.747. The van der Waals surface area contributed by atoms with Crippen molar-refractivity contribution >= 4 is 17.5 Å². The number of aromatic nitrogens is 3. The van der Waals surface area contributed by atoms with Crippen molar-refractivity contribution in [1.29, 1.82) is 0 Å². The summed E-state index contributed by atoms with van der Waals surface area (Å²) in [5, 5.41) is 7.67. The van der Waals surface area contributed by atoms with Crippen LogP contribution in [0.5, 0.6) is 0 Å². The van der Waals surface area contributed by atoms with Gasteiger partial charge in [0.2, 0.25) is 0 Å². The predicted octanol–water partition coefficient (Wildman–Crippen LogP) is 1.46. The van der Waals surface area contributed by atoms with Crippen LogP contribution in [0.15, 0.2) is 6.20 Å². The van der Waals surface area contributed by atoms with E-state index in [1.54, 1.807) is 29.7 Å². The molecule has 0 aliphatic carbocycles. The van der Waals surface area contributed by atoms with E-state index in [0.29, 0.717) is 12.2 Å². The quantitative estimate of drug-likeness (QED) is 0.781. The molecule has 0 bridgehead atoms. The highest BCUT2D eigenvalue weighted by atomic mass is 32.2. The van der Waals surface area contributed by atoms with Gasteiger partial charge in [0.25, 0.3) is 0 Å². The molecule has 0 saturated heterocycles. The molecule has 4 nitrogen and oxygen atoms in total. The van der Waals surface area contributed by atoms with Gasteiger partial charge >= 0.3 is 0 Å². The number of carbonyl (C=O) groups is 1. The van der Waals surface area contributed by atoms with E-state index in [4.69, 9.17) is 0 Å². The van der Waals surface area contributed by atoms with Crippen molar-refractivity contribution in [1.82, 2.24) is 15.0 Å². The van der Waals surface area contributed by atoms with Gasteiger partial charge in [-0.05, 0) is 0 Å². The van der Waals surface area contributed by atoms with Crippen molar-refractivity contribution < 1.29 is 4.79 Å². The number of hydrogen-bond donors (Lipinski definition) is 0. The van der Waals surface area contributed by atoms with E-state index < -0.39 is 0 Å². The molecule has 5 heteroatoms. The number of Topliss-reactive ketones (excluding diaryl/α,β-unsaturated/α-hetero) is 1. The maximum atomic E-state index is 11.6. The fourth-order valence-corrected chi connectivity index (χ4v) is 1.72. The van der Waals surface area contributed by atoms with E-state index in [2.05, 4.69) is 31.1 Å². The maximum absolute atomic E-state index is 11.6. The lowest BCUT2D eigenvalue weighted by Gasteiger charge is -2.16. The van der Waals surface area contributed by atoms with Gasteiger partial charge in [-0.3, -0.25) is 9.48 Å². The second kappa shape index (κ2) is 4.79. The molecule has 0 radical (unpaired) electrons. The van der Waals surface area contributed by atoms with Crippen LogP contribution in [0, 0.1) is 0 Å². The molecule has 1 heterocycles. The van der Waals surface area contributed by atoms with Gasteiger partial charge in [-0.1, -0.05) is 26.0 Å². The highest BCUT2D eigenvalue weighted by molar-refractivity contribution is 8.01.